The van der Waals surface area contributed by atoms with Gasteiger partial charge in [-0.15, -0.1) is 11.8 Å². The van der Waals surface area contributed by atoms with E-state index in [-0.39, 0.29) is 23.5 Å². The van der Waals surface area contributed by atoms with Crippen LogP contribution in [0.1, 0.15) is 18.4 Å². The first-order valence-corrected chi connectivity index (χ1v) is 10.7. The van der Waals surface area contributed by atoms with E-state index in [0.29, 0.717) is 28.7 Å². The van der Waals surface area contributed by atoms with Crippen LogP contribution in [0.3, 0.4) is 0 Å². The lowest BCUT2D eigenvalue weighted by molar-refractivity contribution is -0.116. The van der Waals surface area contributed by atoms with Gasteiger partial charge in [-0.2, -0.15) is 0 Å². The van der Waals surface area contributed by atoms with Gasteiger partial charge in [0.15, 0.2) is 11.5 Å². The number of nitrogens with one attached hydrogen (secondary N) is 2. The van der Waals surface area contributed by atoms with Gasteiger partial charge in [-0.1, -0.05) is 18.2 Å². The van der Waals surface area contributed by atoms with E-state index in [1.165, 1.54) is 33.1 Å². The molecule has 0 saturated heterocycles. The van der Waals surface area contributed by atoms with Gasteiger partial charge >= 0.3 is 0 Å². The molecule has 160 valence electrons. The number of hydrogen-bond donors (Lipinski definition) is 2. The Morgan fingerprint density at radius 3 is 2.50 bits per heavy atom. The van der Waals surface area contributed by atoms with Crippen molar-refractivity contribution < 1.29 is 23.8 Å². The molecule has 0 aliphatic carbocycles. The van der Waals surface area contributed by atoms with Crippen molar-refractivity contribution in [3.05, 3.63) is 42.0 Å². The summed E-state index contributed by atoms with van der Waals surface area (Å²) in [6.07, 6.45) is 1.88. The standard InChI is InChI=1S/C22H26N2O5S/c1-27-17-12-15(13-18(28-2)21(17)29-3)23-20(25)10-11-30-19-9-8-14-6-4-5-7-16(14)24-22(19)26/h4-7,12-13,19H,8-11H2,1-3H3,(H,23,25)(H,24,26)/t19-/m1/s1. The van der Waals surface area contributed by atoms with Gasteiger partial charge in [0.05, 0.1) is 26.6 Å². The average molecular weight is 431 g/mol. The molecule has 0 radical (unpaired) electrons. The van der Waals surface area contributed by atoms with Crippen molar-refractivity contribution in [1.29, 1.82) is 0 Å². The van der Waals surface area contributed by atoms with Crippen molar-refractivity contribution in [2.24, 2.45) is 0 Å². The van der Waals surface area contributed by atoms with Gasteiger partial charge in [0.25, 0.3) is 0 Å². The SMILES string of the molecule is COc1cc(NC(=O)CCS[C@@H]2CCc3ccccc3NC2=O)cc(OC)c1OC. The third-order valence-electron chi connectivity index (χ3n) is 4.84. The summed E-state index contributed by atoms with van der Waals surface area (Å²) < 4.78 is 15.9. The first-order chi connectivity index (χ1) is 14.5. The van der Waals surface area contributed by atoms with Gasteiger partial charge in [-0.25, -0.2) is 0 Å². The number of aryl methyl sites for hydroxylation is 1. The van der Waals surface area contributed by atoms with Crippen LogP contribution < -0.4 is 24.8 Å². The lowest BCUT2D eigenvalue weighted by Crippen LogP contribution is -2.24. The summed E-state index contributed by atoms with van der Waals surface area (Å²) in [5.74, 6) is 1.80. The molecule has 8 heteroatoms. The van der Waals surface area contributed by atoms with Crippen molar-refractivity contribution in [2.75, 3.05) is 37.7 Å². The summed E-state index contributed by atoms with van der Waals surface area (Å²) in [4.78, 5) is 24.9. The Kier molecular flexibility index (Phi) is 7.46. The lowest BCUT2D eigenvalue weighted by Gasteiger charge is -2.15. The maximum atomic E-state index is 12.5. The fourth-order valence-corrected chi connectivity index (χ4v) is 4.40. The van der Waals surface area contributed by atoms with Crippen LogP contribution in [0.15, 0.2) is 36.4 Å². The molecule has 2 amide bonds. The van der Waals surface area contributed by atoms with Crippen LogP contribution in [0.2, 0.25) is 0 Å². The second-order valence-corrected chi connectivity index (χ2v) is 8.07. The average Bonchev–Trinajstić information content (AvgIpc) is 2.91. The molecule has 0 bridgehead atoms. The quantitative estimate of drug-likeness (QED) is 0.664. The minimum Gasteiger partial charge on any atom is -0.493 e. The molecule has 1 aliphatic heterocycles. The van der Waals surface area contributed by atoms with Gasteiger partial charge in [0.1, 0.15) is 0 Å². The van der Waals surface area contributed by atoms with E-state index < -0.39 is 0 Å². The van der Waals surface area contributed by atoms with E-state index in [1.807, 2.05) is 24.3 Å². The Balaban J connectivity index is 1.54. The molecular formula is C22H26N2O5S. The van der Waals surface area contributed by atoms with Crippen molar-refractivity contribution in [1.82, 2.24) is 0 Å². The predicted molar refractivity (Wildman–Crippen MR) is 119 cm³/mol. The van der Waals surface area contributed by atoms with E-state index in [4.69, 9.17) is 14.2 Å². The lowest BCUT2D eigenvalue weighted by atomic mass is 10.1. The third kappa shape index (κ3) is 5.18. The zero-order valence-corrected chi connectivity index (χ0v) is 18.1. The topological polar surface area (TPSA) is 85.9 Å². The molecule has 0 aromatic heterocycles. The molecule has 30 heavy (non-hydrogen) atoms. The summed E-state index contributed by atoms with van der Waals surface area (Å²) in [5.41, 5.74) is 2.59. The molecule has 1 atom stereocenters. The number of anilines is 2. The maximum Gasteiger partial charge on any atom is 0.237 e. The molecule has 2 aromatic carbocycles. The largest absolute Gasteiger partial charge is 0.493 e. The van der Waals surface area contributed by atoms with Crippen LogP contribution in [-0.4, -0.2) is 44.1 Å². The second-order valence-electron chi connectivity index (χ2n) is 6.76. The van der Waals surface area contributed by atoms with Crippen LogP contribution in [-0.2, 0) is 16.0 Å². The van der Waals surface area contributed by atoms with Crippen LogP contribution in [0.4, 0.5) is 11.4 Å². The number of para-hydroxylation sites is 1. The number of amides is 2. The summed E-state index contributed by atoms with van der Waals surface area (Å²) in [7, 11) is 4.57. The normalized spacial score (nSPS) is 15.4. The number of carbonyl (C=O) groups is 2. The Hall–Kier alpha value is -2.87. The number of hydrogen-bond acceptors (Lipinski definition) is 6. The van der Waals surface area contributed by atoms with Crippen LogP contribution in [0.25, 0.3) is 0 Å². The number of carbonyl (C=O) groups excluding carboxylic acids is 2. The summed E-state index contributed by atoms with van der Waals surface area (Å²) >= 11 is 1.51. The third-order valence-corrected chi connectivity index (χ3v) is 6.13. The Labute approximate surface area is 180 Å². The number of rotatable bonds is 8. The van der Waals surface area contributed by atoms with E-state index >= 15 is 0 Å². The zero-order chi connectivity index (χ0) is 21.5. The van der Waals surface area contributed by atoms with Crippen molar-refractivity contribution in [2.45, 2.75) is 24.5 Å². The van der Waals surface area contributed by atoms with Crippen molar-refractivity contribution >= 4 is 35.0 Å². The zero-order valence-electron chi connectivity index (χ0n) is 17.3. The monoisotopic (exact) mass is 430 g/mol. The van der Waals surface area contributed by atoms with Crippen molar-refractivity contribution in [3.63, 3.8) is 0 Å². The van der Waals surface area contributed by atoms with Gasteiger partial charge in [-0.05, 0) is 24.5 Å². The predicted octanol–water partition coefficient (Wildman–Crippen LogP) is 3.73. The number of fused-ring (bicyclic) bond motifs is 1. The summed E-state index contributed by atoms with van der Waals surface area (Å²) in [6, 6.07) is 11.2. The molecule has 7 nitrogen and oxygen atoms in total. The van der Waals surface area contributed by atoms with Gasteiger partial charge < -0.3 is 24.8 Å². The van der Waals surface area contributed by atoms with Crippen molar-refractivity contribution in [3.8, 4) is 17.2 Å². The minimum atomic E-state index is -0.175. The van der Waals surface area contributed by atoms with E-state index in [2.05, 4.69) is 10.6 Å². The molecule has 1 aliphatic rings. The van der Waals surface area contributed by atoms with Gasteiger partial charge in [-0.3, -0.25) is 9.59 Å². The summed E-state index contributed by atoms with van der Waals surface area (Å²) in [5, 5.41) is 5.66. The number of thioether (sulfide) groups is 1. The molecular weight excluding hydrogens is 404 g/mol. The highest BCUT2D eigenvalue weighted by Crippen LogP contribution is 2.40. The van der Waals surface area contributed by atoms with E-state index in [9.17, 15) is 9.59 Å². The number of ether oxygens (including phenoxy) is 3. The first kappa shape index (κ1) is 21.8. The molecule has 0 spiro atoms. The smallest absolute Gasteiger partial charge is 0.237 e. The molecule has 2 aromatic rings. The molecule has 1 heterocycles. The molecule has 0 fully saturated rings. The highest BCUT2D eigenvalue weighted by atomic mass is 32.2. The molecule has 0 saturated carbocycles. The second kappa shape index (κ2) is 10.2. The van der Waals surface area contributed by atoms with Crippen LogP contribution in [0.5, 0.6) is 17.2 Å². The molecule has 0 unspecified atom stereocenters. The van der Waals surface area contributed by atoms with Crippen LogP contribution >= 0.6 is 11.8 Å². The number of methoxy groups -OCH3 is 3. The van der Waals surface area contributed by atoms with E-state index in [0.717, 1.165) is 24.1 Å². The molecule has 2 N–H and O–H groups in total. The fourth-order valence-electron chi connectivity index (χ4n) is 3.32. The van der Waals surface area contributed by atoms with Gasteiger partial charge in [0.2, 0.25) is 17.6 Å². The number of benzene rings is 2. The fraction of sp³-hybridized carbons (Fsp3) is 0.364. The van der Waals surface area contributed by atoms with E-state index in [1.54, 1.807) is 12.1 Å². The van der Waals surface area contributed by atoms with Gasteiger partial charge in [0, 0.05) is 35.7 Å². The Morgan fingerprint density at radius 2 is 1.83 bits per heavy atom. The van der Waals surface area contributed by atoms with Crippen LogP contribution in [0, 0.1) is 0 Å². The summed E-state index contributed by atoms with van der Waals surface area (Å²) in [6.45, 7) is 0. The molecule has 3 rings (SSSR count). The highest BCUT2D eigenvalue weighted by molar-refractivity contribution is 8.00. The maximum absolute atomic E-state index is 12.5. The minimum absolute atomic E-state index is 0.00464. The Bertz CT molecular complexity index is 893. The Morgan fingerprint density at radius 1 is 1.13 bits per heavy atom. The first-order valence-electron chi connectivity index (χ1n) is 9.66. The highest BCUT2D eigenvalue weighted by Gasteiger charge is 2.24.